The predicted octanol–water partition coefficient (Wildman–Crippen LogP) is 3.26. The number of piperidine rings is 1. The quantitative estimate of drug-likeness (QED) is 0.772. The topological polar surface area (TPSA) is 29.3 Å². The molecular weight excluding hydrogens is 208 g/mol. The van der Waals surface area contributed by atoms with E-state index in [0.717, 1.165) is 6.54 Å². The van der Waals surface area contributed by atoms with Gasteiger partial charge in [-0.25, -0.2) is 0 Å². The van der Waals surface area contributed by atoms with Crippen molar-refractivity contribution in [3.8, 4) is 0 Å². The van der Waals surface area contributed by atoms with Gasteiger partial charge in [-0.05, 0) is 56.1 Å². The summed E-state index contributed by atoms with van der Waals surface area (Å²) >= 11 is 0. The molecule has 0 aliphatic carbocycles. The molecule has 0 amide bonds. The van der Waals surface area contributed by atoms with Crippen LogP contribution in [-0.2, 0) is 0 Å². The number of hydrogen-bond acceptors (Lipinski definition) is 2. The summed E-state index contributed by atoms with van der Waals surface area (Å²) in [5.41, 5.74) is 6.96. The molecule has 1 rings (SSSR count). The number of hydrogen-bond donors (Lipinski definition) is 1. The first-order valence-electron chi connectivity index (χ1n) is 7.45. The normalized spacial score (nSPS) is 21.7. The Balaban J connectivity index is 2.49. The van der Waals surface area contributed by atoms with E-state index in [9.17, 15) is 0 Å². The SMILES string of the molecule is CCC1(C)CCN(CC(CC)(CC)CN)CC1. The summed E-state index contributed by atoms with van der Waals surface area (Å²) in [6, 6.07) is 0. The Morgan fingerprint density at radius 1 is 1.12 bits per heavy atom. The second kappa shape index (κ2) is 6.19. The molecule has 1 fully saturated rings. The molecule has 0 aromatic rings. The molecule has 0 atom stereocenters. The van der Waals surface area contributed by atoms with Gasteiger partial charge in [-0.15, -0.1) is 0 Å². The highest BCUT2D eigenvalue weighted by atomic mass is 15.1. The Bertz CT molecular complexity index is 205. The average Bonchev–Trinajstić information content (AvgIpc) is 2.39. The summed E-state index contributed by atoms with van der Waals surface area (Å²) in [5, 5.41) is 0. The summed E-state index contributed by atoms with van der Waals surface area (Å²) in [6.45, 7) is 13.9. The number of nitrogens with two attached hydrogens (primary N) is 1. The maximum atomic E-state index is 6.00. The first-order valence-corrected chi connectivity index (χ1v) is 7.45. The molecule has 2 nitrogen and oxygen atoms in total. The van der Waals surface area contributed by atoms with Crippen LogP contribution in [0.4, 0.5) is 0 Å². The lowest BCUT2D eigenvalue weighted by Crippen LogP contribution is -2.46. The predicted molar refractivity (Wildman–Crippen MR) is 76.1 cm³/mol. The van der Waals surface area contributed by atoms with Crippen molar-refractivity contribution in [2.45, 2.75) is 59.8 Å². The lowest BCUT2D eigenvalue weighted by molar-refractivity contribution is 0.0703. The number of rotatable bonds is 6. The van der Waals surface area contributed by atoms with E-state index < -0.39 is 0 Å². The Kier molecular flexibility index (Phi) is 5.46. The molecule has 1 aliphatic rings. The van der Waals surface area contributed by atoms with Gasteiger partial charge in [-0.2, -0.15) is 0 Å². The van der Waals surface area contributed by atoms with Crippen LogP contribution < -0.4 is 5.73 Å². The average molecular weight is 240 g/mol. The molecule has 102 valence electrons. The molecule has 1 heterocycles. The minimum atomic E-state index is 0.361. The van der Waals surface area contributed by atoms with Crippen LogP contribution in [0.15, 0.2) is 0 Å². The summed E-state index contributed by atoms with van der Waals surface area (Å²) < 4.78 is 0. The van der Waals surface area contributed by atoms with Crippen LogP contribution in [0, 0.1) is 10.8 Å². The van der Waals surface area contributed by atoms with Gasteiger partial charge in [0.2, 0.25) is 0 Å². The fourth-order valence-electron chi connectivity index (χ4n) is 2.91. The van der Waals surface area contributed by atoms with E-state index in [1.54, 1.807) is 0 Å². The number of nitrogens with zero attached hydrogens (tertiary/aromatic N) is 1. The molecule has 0 bridgehead atoms. The third-order valence-corrected chi connectivity index (χ3v) is 5.41. The Labute approximate surface area is 108 Å². The van der Waals surface area contributed by atoms with Crippen LogP contribution in [0.2, 0.25) is 0 Å². The third-order valence-electron chi connectivity index (χ3n) is 5.41. The Hall–Kier alpha value is -0.0800. The minimum absolute atomic E-state index is 0.361. The molecule has 2 N–H and O–H groups in total. The van der Waals surface area contributed by atoms with Gasteiger partial charge in [0.25, 0.3) is 0 Å². The fraction of sp³-hybridized carbons (Fsp3) is 1.00. The molecular formula is C15H32N2. The van der Waals surface area contributed by atoms with E-state index in [-0.39, 0.29) is 0 Å². The van der Waals surface area contributed by atoms with E-state index >= 15 is 0 Å². The summed E-state index contributed by atoms with van der Waals surface area (Å²) in [5.74, 6) is 0. The van der Waals surface area contributed by atoms with E-state index in [1.165, 1.54) is 51.7 Å². The highest BCUT2D eigenvalue weighted by Gasteiger charge is 2.32. The summed E-state index contributed by atoms with van der Waals surface area (Å²) in [6.07, 6.45) is 6.46. The van der Waals surface area contributed by atoms with Crippen molar-refractivity contribution in [1.82, 2.24) is 4.90 Å². The highest BCUT2D eigenvalue weighted by molar-refractivity contribution is 4.86. The van der Waals surface area contributed by atoms with Crippen molar-refractivity contribution in [1.29, 1.82) is 0 Å². The zero-order valence-corrected chi connectivity index (χ0v) is 12.4. The van der Waals surface area contributed by atoms with Gasteiger partial charge in [-0.3, -0.25) is 0 Å². The summed E-state index contributed by atoms with van der Waals surface area (Å²) in [7, 11) is 0. The van der Waals surface area contributed by atoms with Crippen molar-refractivity contribution < 1.29 is 0 Å². The second-order valence-electron chi connectivity index (χ2n) is 6.35. The van der Waals surface area contributed by atoms with Gasteiger partial charge in [0.1, 0.15) is 0 Å². The minimum Gasteiger partial charge on any atom is -0.330 e. The fourth-order valence-corrected chi connectivity index (χ4v) is 2.91. The summed E-state index contributed by atoms with van der Waals surface area (Å²) in [4.78, 5) is 2.65. The van der Waals surface area contributed by atoms with Crippen LogP contribution in [0.5, 0.6) is 0 Å². The zero-order valence-electron chi connectivity index (χ0n) is 12.4. The van der Waals surface area contributed by atoms with E-state index in [1.807, 2.05) is 0 Å². The van der Waals surface area contributed by atoms with Crippen LogP contribution in [0.1, 0.15) is 59.8 Å². The van der Waals surface area contributed by atoms with Crippen LogP contribution in [-0.4, -0.2) is 31.1 Å². The Morgan fingerprint density at radius 3 is 2.00 bits per heavy atom. The van der Waals surface area contributed by atoms with E-state index in [4.69, 9.17) is 5.73 Å². The van der Waals surface area contributed by atoms with Crippen LogP contribution in [0.25, 0.3) is 0 Å². The van der Waals surface area contributed by atoms with Gasteiger partial charge in [0.15, 0.2) is 0 Å². The molecule has 0 spiro atoms. The lowest BCUT2D eigenvalue weighted by Gasteiger charge is -2.43. The van der Waals surface area contributed by atoms with Crippen molar-refractivity contribution in [2.24, 2.45) is 16.6 Å². The molecule has 2 heteroatoms. The van der Waals surface area contributed by atoms with Gasteiger partial charge < -0.3 is 10.6 Å². The van der Waals surface area contributed by atoms with Gasteiger partial charge >= 0.3 is 0 Å². The van der Waals surface area contributed by atoms with E-state index in [0.29, 0.717) is 10.8 Å². The molecule has 0 saturated carbocycles. The monoisotopic (exact) mass is 240 g/mol. The second-order valence-corrected chi connectivity index (χ2v) is 6.35. The third kappa shape index (κ3) is 3.69. The molecule has 1 aliphatic heterocycles. The zero-order chi connectivity index (χ0) is 12.9. The van der Waals surface area contributed by atoms with Crippen molar-refractivity contribution >= 4 is 0 Å². The standard InChI is InChI=1S/C15H32N2/c1-5-14(4)8-10-17(11-9-14)13-15(6-2,7-3)12-16/h5-13,16H2,1-4H3. The van der Waals surface area contributed by atoms with Gasteiger partial charge in [0.05, 0.1) is 0 Å². The maximum absolute atomic E-state index is 6.00. The first-order chi connectivity index (χ1) is 8.03. The molecule has 0 radical (unpaired) electrons. The van der Waals surface area contributed by atoms with Gasteiger partial charge in [0, 0.05) is 6.54 Å². The van der Waals surface area contributed by atoms with Crippen molar-refractivity contribution in [3.63, 3.8) is 0 Å². The maximum Gasteiger partial charge on any atom is 0.00499 e. The van der Waals surface area contributed by atoms with Crippen LogP contribution >= 0.6 is 0 Å². The largest absolute Gasteiger partial charge is 0.330 e. The first kappa shape index (κ1) is 15.0. The van der Waals surface area contributed by atoms with Gasteiger partial charge in [-0.1, -0.05) is 34.1 Å². The Morgan fingerprint density at radius 2 is 1.65 bits per heavy atom. The lowest BCUT2D eigenvalue weighted by atomic mass is 9.76. The molecule has 0 aromatic carbocycles. The number of likely N-dealkylation sites (tertiary alicyclic amines) is 1. The van der Waals surface area contributed by atoms with Crippen LogP contribution in [0.3, 0.4) is 0 Å². The smallest absolute Gasteiger partial charge is 0.00499 e. The molecule has 0 unspecified atom stereocenters. The van der Waals surface area contributed by atoms with Crippen molar-refractivity contribution in [2.75, 3.05) is 26.2 Å². The molecule has 1 saturated heterocycles. The highest BCUT2D eigenvalue weighted by Crippen LogP contribution is 2.35. The van der Waals surface area contributed by atoms with E-state index in [2.05, 4.69) is 32.6 Å². The molecule has 0 aromatic heterocycles. The van der Waals surface area contributed by atoms with Crippen molar-refractivity contribution in [3.05, 3.63) is 0 Å². The molecule has 17 heavy (non-hydrogen) atoms.